The van der Waals surface area contributed by atoms with E-state index >= 15 is 0 Å². The van der Waals surface area contributed by atoms with Gasteiger partial charge < -0.3 is 4.43 Å². The number of hydrogen-bond acceptors (Lipinski definition) is 4. The fraction of sp³-hybridized carbons (Fsp3) is 0.562. The first-order chi connectivity index (χ1) is 10.8. The van der Waals surface area contributed by atoms with E-state index < -0.39 is 24.6 Å². The molecular formula is C16H29N3O3SSi. The summed E-state index contributed by atoms with van der Waals surface area (Å²) >= 11 is 0. The predicted octanol–water partition coefficient (Wildman–Crippen LogP) is 3.43. The zero-order valence-electron chi connectivity index (χ0n) is 15.7. The predicted molar refractivity (Wildman–Crippen MR) is 102 cm³/mol. The van der Waals surface area contributed by atoms with Crippen LogP contribution in [0.25, 0.3) is 6.08 Å². The molecule has 1 aromatic heterocycles. The Kier molecular flexibility index (Phi) is 6.03. The third-order valence-electron chi connectivity index (χ3n) is 4.42. The van der Waals surface area contributed by atoms with Gasteiger partial charge in [-0.2, -0.15) is 12.7 Å². The fourth-order valence-electron chi connectivity index (χ4n) is 1.85. The molecule has 0 aliphatic carbocycles. The molecule has 8 heteroatoms. The van der Waals surface area contributed by atoms with Crippen LogP contribution in [0.5, 0.6) is 0 Å². The summed E-state index contributed by atoms with van der Waals surface area (Å²) in [4.78, 5) is 4.17. The smallest absolute Gasteiger partial charge is 0.308 e. The van der Waals surface area contributed by atoms with Crippen LogP contribution in [0.1, 0.15) is 38.3 Å². The van der Waals surface area contributed by atoms with Crippen molar-refractivity contribution in [3.05, 3.63) is 36.9 Å². The Balaban J connectivity index is 3.50. The van der Waals surface area contributed by atoms with Gasteiger partial charge in [0.15, 0.2) is 8.32 Å². The lowest BCUT2D eigenvalue weighted by molar-refractivity contribution is 0.224. The minimum Gasteiger partial charge on any atom is -0.405 e. The van der Waals surface area contributed by atoms with Gasteiger partial charge in [-0.1, -0.05) is 33.4 Å². The Morgan fingerprint density at radius 2 is 1.88 bits per heavy atom. The topological polar surface area (TPSA) is 64.4 Å². The molecular weight excluding hydrogens is 342 g/mol. The summed E-state index contributed by atoms with van der Waals surface area (Å²) in [7, 11) is -2.91. The van der Waals surface area contributed by atoms with Gasteiger partial charge in [0.1, 0.15) is 12.4 Å². The first kappa shape index (κ1) is 20.8. The van der Waals surface area contributed by atoms with Gasteiger partial charge in [0.05, 0.1) is 11.4 Å². The first-order valence-corrected chi connectivity index (χ1v) is 12.0. The van der Waals surface area contributed by atoms with Crippen LogP contribution in [0.15, 0.2) is 25.6 Å². The molecule has 1 heterocycles. The monoisotopic (exact) mass is 371 g/mol. The summed E-state index contributed by atoms with van der Waals surface area (Å²) in [6, 6.07) is 0. The molecule has 1 atom stereocenters. The van der Waals surface area contributed by atoms with Gasteiger partial charge >= 0.3 is 10.2 Å². The Hall–Kier alpha value is -1.22. The van der Waals surface area contributed by atoms with Crippen LogP contribution in [-0.4, -0.2) is 44.1 Å². The van der Waals surface area contributed by atoms with E-state index in [0.717, 1.165) is 8.28 Å². The van der Waals surface area contributed by atoms with Crippen molar-refractivity contribution in [3.8, 4) is 0 Å². The highest BCUT2D eigenvalue weighted by atomic mass is 32.2. The molecule has 0 radical (unpaired) electrons. The minimum absolute atomic E-state index is 0.0200. The van der Waals surface area contributed by atoms with Gasteiger partial charge in [0.2, 0.25) is 0 Å². The van der Waals surface area contributed by atoms with Crippen molar-refractivity contribution < 1.29 is 12.8 Å². The quantitative estimate of drug-likeness (QED) is 0.544. The second kappa shape index (κ2) is 6.95. The maximum absolute atomic E-state index is 12.6. The van der Waals surface area contributed by atoms with Crippen LogP contribution in [0.4, 0.5) is 0 Å². The average Bonchev–Trinajstić information content (AvgIpc) is 2.87. The molecule has 0 aliphatic heterocycles. The molecule has 1 aromatic rings. The Morgan fingerprint density at radius 3 is 2.25 bits per heavy atom. The Labute approximate surface area is 147 Å². The van der Waals surface area contributed by atoms with E-state index in [0.29, 0.717) is 11.4 Å². The molecule has 1 unspecified atom stereocenters. The highest BCUT2D eigenvalue weighted by Gasteiger charge is 2.40. The fourth-order valence-corrected chi connectivity index (χ4v) is 4.01. The summed E-state index contributed by atoms with van der Waals surface area (Å²) in [5, 5.41) is -0.0200. The molecule has 0 saturated heterocycles. The maximum atomic E-state index is 12.6. The molecule has 0 aromatic carbocycles. The van der Waals surface area contributed by atoms with Crippen molar-refractivity contribution in [2.24, 2.45) is 0 Å². The molecule has 24 heavy (non-hydrogen) atoms. The molecule has 136 valence electrons. The van der Waals surface area contributed by atoms with Gasteiger partial charge in [0, 0.05) is 14.1 Å². The van der Waals surface area contributed by atoms with Gasteiger partial charge in [-0.15, -0.1) is 6.58 Å². The van der Waals surface area contributed by atoms with Crippen molar-refractivity contribution in [1.29, 1.82) is 0 Å². The molecule has 0 saturated carbocycles. The zero-order valence-corrected chi connectivity index (χ0v) is 17.5. The van der Waals surface area contributed by atoms with Gasteiger partial charge in [-0.05, 0) is 24.2 Å². The van der Waals surface area contributed by atoms with E-state index in [-0.39, 0.29) is 5.04 Å². The zero-order chi connectivity index (χ0) is 18.9. The third kappa shape index (κ3) is 3.88. The number of hydrogen-bond donors (Lipinski definition) is 0. The highest BCUT2D eigenvalue weighted by Crippen LogP contribution is 2.40. The Morgan fingerprint density at radius 1 is 1.33 bits per heavy atom. The summed E-state index contributed by atoms with van der Waals surface area (Å²) in [5.74, 6) is 0. The molecule has 0 bridgehead atoms. The minimum atomic E-state index is -3.72. The molecule has 0 amide bonds. The summed E-state index contributed by atoms with van der Waals surface area (Å²) in [6.45, 7) is 18.2. The molecule has 0 spiro atoms. The number of aromatic nitrogens is 2. The lowest BCUT2D eigenvalue weighted by Crippen LogP contribution is -2.42. The average molecular weight is 372 g/mol. The standard InChI is InChI=1S/C16H29N3O3SSi/c1-10-13-15(19(12-17-13)23(20,21)18(6)7)14(11-2)22-24(8,9)16(3,4)5/h10-12,14H,1-2H2,3-9H3. The van der Waals surface area contributed by atoms with Crippen molar-refractivity contribution >= 4 is 24.6 Å². The van der Waals surface area contributed by atoms with E-state index in [2.05, 4.69) is 52.0 Å². The van der Waals surface area contributed by atoms with E-state index in [1.807, 2.05) is 0 Å². The summed E-state index contributed by atoms with van der Waals surface area (Å²) in [6.07, 6.45) is 3.85. The van der Waals surface area contributed by atoms with Gasteiger partial charge in [-0.25, -0.2) is 8.96 Å². The van der Waals surface area contributed by atoms with Crippen LogP contribution in [0.3, 0.4) is 0 Å². The summed E-state index contributed by atoms with van der Waals surface area (Å²) < 4.78 is 33.9. The normalized spacial score (nSPS) is 14.7. The van der Waals surface area contributed by atoms with Crippen LogP contribution in [-0.2, 0) is 14.6 Å². The van der Waals surface area contributed by atoms with Crippen LogP contribution in [0, 0.1) is 0 Å². The number of rotatable bonds is 7. The van der Waals surface area contributed by atoms with Gasteiger partial charge in [0.25, 0.3) is 0 Å². The SMILES string of the molecule is C=Cc1ncn(S(=O)(=O)N(C)C)c1C(C=C)O[Si](C)(C)C(C)(C)C. The van der Waals surface area contributed by atoms with E-state index in [9.17, 15) is 8.42 Å². The molecule has 1 rings (SSSR count). The van der Waals surface area contributed by atoms with Crippen LogP contribution >= 0.6 is 0 Å². The largest absolute Gasteiger partial charge is 0.405 e. The van der Waals surface area contributed by atoms with Crippen molar-refractivity contribution in [1.82, 2.24) is 13.3 Å². The number of imidazole rings is 1. The first-order valence-electron chi connectivity index (χ1n) is 7.72. The number of nitrogens with zero attached hydrogens (tertiary/aromatic N) is 3. The van der Waals surface area contributed by atoms with E-state index in [4.69, 9.17) is 4.43 Å². The third-order valence-corrected chi connectivity index (χ3v) is 10.6. The van der Waals surface area contributed by atoms with Crippen molar-refractivity contribution in [2.45, 2.75) is 45.0 Å². The van der Waals surface area contributed by atoms with Crippen molar-refractivity contribution in [3.63, 3.8) is 0 Å². The van der Waals surface area contributed by atoms with Gasteiger partial charge in [-0.3, -0.25) is 0 Å². The lowest BCUT2D eigenvalue weighted by Gasteiger charge is -2.38. The second-order valence-corrected chi connectivity index (χ2v) is 14.1. The highest BCUT2D eigenvalue weighted by molar-refractivity contribution is 7.87. The maximum Gasteiger partial charge on any atom is 0.308 e. The summed E-state index contributed by atoms with van der Waals surface area (Å²) in [5.41, 5.74) is 0.905. The molecule has 0 N–H and O–H groups in total. The second-order valence-electron chi connectivity index (χ2n) is 7.34. The van der Waals surface area contributed by atoms with E-state index in [1.54, 1.807) is 6.08 Å². The van der Waals surface area contributed by atoms with Crippen molar-refractivity contribution in [2.75, 3.05) is 14.1 Å². The van der Waals surface area contributed by atoms with Crippen LogP contribution < -0.4 is 0 Å². The lowest BCUT2D eigenvalue weighted by atomic mass is 10.2. The van der Waals surface area contributed by atoms with Crippen LogP contribution in [0.2, 0.25) is 18.1 Å². The molecule has 6 nitrogen and oxygen atoms in total. The molecule has 0 fully saturated rings. The Bertz CT molecular complexity index is 715. The van der Waals surface area contributed by atoms with E-state index in [1.165, 1.54) is 26.5 Å². The molecule has 0 aliphatic rings.